The monoisotopic (exact) mass is 267 g/mol. The molecule has 0 bridgehead atoms. The first-order valence-corrected chi connectivity index (χ1v) is 6.03. The van der Waals surface area contributed by atoms with E-state index < -0.39 is 5.97 Å². The van der Waals surface area contributed by atoms with E-state index in [0.717, 1.165) is 6.08 Å². The Kier molecular flexibility index (Phi) is 4.29. The zero-order valence-corrected chi connectivity index (χ0v) is 10.6. The third-order valence-electron chi connectivity index (χ3n) is 2.62. The van der Waals surface area contributed by atoms with Crippen molar-refractivity contribution < 1.29 is 14.7 Å². The predicted octanol–water partition coefficient (Wildman–Crippen LogP) is 2.95. The highest BCUT2D eigenvalue weighted by Crippen LogP contribution is 2.10. The first kappa shape index (κ1) is 13.5. The maximum absolute atomic E-state index is 12.0. The number of benzene rings is 2. The van der Waals surface area contributed by atoms with E-state index in [-0.39, 0.29) is 11.5 Å². The first-order valence-electron chi connectivity index (χ1n) is 6.03. The van der Waals surface area contributed by atoms with Gasteiger partial charge in [-0.15, -0.1) is 0 Å². The second-order valence-corrected chi connectivity index (χ2v) is 4.08. The van der Waals surface area contributed by atoms with Crippen molar-refractivity contribution in [3.8, 4) is 0 Å². The van der Waals surface area contributed by atoms with Crippen LogP contribution in [-0.2, 0) is 4.79 Å². The Hall–Kier alpha value is -2.88. The molecular formula is C16H13NO3. The molecule has 2 aromatic rings. The minimum atomic E-state index is -1.18. The van der Waals surface area contributed by atoms with Crippen LogP contribution in [0.4, 0.5) is 5.69 Å². The molecule has 0 atom stereocenters. The fourth-order valence-electron chi connectivity index (χ4n) is 1.65. The summed E-state index contributed by atoms with van der Waals surface area (Å²) in [7, 11) is 0. The van der Waals surface area contributed by atoms with Gasteiger partial charge < -0.3 is 10.4 Å². The number of anilines is 1. The molecule has 0 saturated carbocycles. The summed E-state index contributed by atoms with van der Waals surface area (Å²) in [6.07, 6.45) is 1.09. The third kappa shape index (κ3) is 3.55. The molecule has 0 aromatic heterocycles. The molecule has 0 radical (unpaired) electrons. The Morgan fingerprint density at radius 2 is 1.45 bits per heavy atom. The highest BCUT2D eigenvalue weighted by atomic mass is 16.4. The predicted molar refractivity (Wildman–Crippen MR) is 76.6 cm³/mol. The average molecular weight is 267 g/mol. The number of para-hydroxylation sites is 1. The fourth-order valence-corrected chi connectivity index (χ4v) is 1.65. The molecule has 0 fully saturated rings. The minimum Gasteiger partial charge on any atom is -0.477 e. The molecule has 4 nitrogen and oxygen atoms in total. The summed E-state index contributed by atoms with van der Waals surface area (Å²) in [6, 6.07) is 17.4. The molecule has 2 N–H and O–H groups in total. The summed E-state index contributed by atoms with van der Waals surface area (Å²) in [5.74, 6) is -1.54. The van der Waals surface area contributed by atoms with Gasteiger partial charge >= 0.3 is 5.97 Å². The van der Waals surface area contributed by atoms with Gasteiger partial charge in [-0.1, -0.05) is 48.5 Å². The van der Waals surface area contributed by atoms with E-state index in [1.54, 1.807) is 54.6 Å². The van der Waals surface area contributed by atoms with E-state index in [1.165, 1.54) is 0 Å². The molecule has 0 spiro atoms. The van der Waals surface area contributed by atoms with Crippen molar-refractivity contribution in [2.24, 2.45) is 0 Å². The Morgan fingerprint density at radius 1 is 0.900 bits per heavy atom. The average Bonchev–Trinajstić information content (AvgIpc) is 2.48. The van der Waals surface area contributed by atoms with Crippen molar-refractivity contribution in [2.75, 3.05) is 5.32 Å². The van der Waals surface area contributed by atoms with Gasteiger partial charge in [0.1, 0.15) is 5.70 Å². The summed E-state index contributed by atoms with van der Waals surface area (Å²) in [5.41, 5.74) is 0.896. The van der Waals surface area contributed by atoms with Crippen LogP contribution < -0.4 is 5.32 Å². The van der Waals surface area contributed by atoms with Crippen LogP contribution in [0.5, 0.6) is 0 Å². The lowest BCUT2D eigenvalue weighted by atomic mass is 10.1. The quantitative estimate of drug-likeness (QED) is 0.645. The summed E-state index contributed by atoms with van der Waals surface area (Å²) in [4.78, 5) is 23.2. The number of aliphatic carboxylic acids is 1. The number of allylic oxidation sites excluding steroid dienone is 1. The van der Waals surface area contributed by atoms with Gasteiger partial charge in [0.05, 0.1) is 0 Å². The van der Waals surface area contributed by atoms with Crippen LogP contribution in [0.1, 0.15) is 10.4 Å². The lowest BCUT2D eigenvalue weighted by Crippen LogP contribution is -2.12. The minimum absolute atomic E-state index is 0.162. The van der Waals surface area contributed by atoms with Crippen LogP contribution in [0.25, 0.3) is 0 Å². The Labute approximate surface area is 116 Å². The van der Waals surface area contributed by atoms with Crippen LogP contribution in [0, 0.1) is 0 Å². The second kappa shape index (κ2) is 6.33. The molecule has 100 valence electrons. The zero-order valence-electron chi connectivity index (χ0n) is 10.6. The van der Waals surface area contributed by atoms with Crippen molar-refractivity contribution in [2.45, 2.75) is 0 Å². The van der Waals surface area contributed by atoms with E-state index in [4.69, 9.17) is 5.11 Å². The highest BCUT2D eigenvalue weighted by molar-refractivity contribution is 6.09. The summed E-state index contributed by atoms with van der Waals surface area (Å²) >= 11 is 0. The highest BCUT2D eigenvalue weighted by Gasteiger charge is 2.11. The van der Waals surface area contributed by atoms with Gasteiger partial charge in [0.15, 0.2) is 5.78 Å². The molecule has 0 aliphatic carbocycles. The molecule has 0 saturated heterocycles. The number of carboxylic acid groups (broad SMARTS) is 1. The van der Waals surface area contributed by atoms with Crippen molar-refractivity contribution in [3.05, 3.63) is 78.0 Å². The lowest BCUT2D eigenvalue weighted by Gasteiger charge is -2.06. The number of hydrogen-bond donors (Lipinski definition) is 2. The van der Waals surface area contributed by atoms with Crippen LogP contribution in [0.3, 0.4) is 0 Å². The fraction of sp³-hybridized carbons (Fsp3) is 0. The maximum Gasteiger partial charge on any atom is 0.352 e. The second-order valence-electron chi connectivity index (χ2n) is 4.08. The van der Waals surface area contributed by atoms with Gasteiger partial charge in [-0.2, -0.15) is 0 Å². The van der Waals surface area contributed by atoms with Crippen molar-refractivity contribution in [1.82, 2.24) is 0 Å². The van der Waals surface area contributed by atoms with Crippen molar-refractivity contribution in [3.63, 3.8) is 0 Å². The van der Waals surface area contributed by atoms with Gasteiger partial charge in [0.2, 0.25) is 0 Å². The van der Waals surface area contributed by atoms with E-state index in [9.17, 15) is 9.59 Å². The van der Waals surface area contributed by atoms with Gasteiger partial charge in [-0.05, 0) is 12.1 Å². The smallest absolute Gasteiger partial charge is 0.352 e. The molecular weight excluding hydrogens is 254 g/mol. The van der Waals surface area contributed by atoms with Crippen LogP contribution in [-0.4, -0.2) is 16.9 Å². The van der Waals surface area contributed by atoms with E-state index in [2.05, 4.69) is 5.32 Å². The maximum atomic E-state index is 12.0. The van der Waals surface area contributed by atoms with Crippen molar-refractivity contribution in [1.29, 1.82) is 0 Å². The Balaban J connectivity index is 2.23. The number of carbonyl (C=O) groups is 2. The molecule has 0 aliphatic heterocycles. The molecule has 0 aliphatic rings. The molecule has 4 heteroatoms. The van der Waals surface area contributed by atoms with Crippen molar-refractivity contribution >= 4 is 17.4 Å². The number of rotatable bonds is 5. The normalized spacial score (nSPS) is 10.9. The number of nitrogens with one attached hydrogen (secondary N) is 1. The molecule has 0 unspecified atom stereocenters. The molecule has 0 heterocycles. The number of hydrogen-bond acceptors (Lipinski definition) is 3. The van der Waals surface area contributed by atoms with Crippen LogP contribution >= 0.6 is 0 Å². The van der Waals surface area contributed by atoms with Crippen LogP contribution in [0.15, 0.2) is 72.4 Å². The zero-order chi connectivity index (χ0) is 14.4. The third-order valence-corrected chi connectivity index (χ3v) is 2.62. The number of ketones is 1. The molecule has 2 aromatic carbocycles. The lowest BCUT2D eigenvalue weighted by molar-refractivity contribution is -0.132. The van der Waals surface area contributed by atoms with E-state index in [0.29, 0.717) is 11.3 Å². The Bertz CT molecular complexity index is 633. The first-order chi connectivity index (χ1) is 9.66. The largest absolute Gasteiger partial charge is 0.477 e. The SMILES string of the molecule is O=C(O)/C(=C\C(=O)c1ccccc1)Nc1ccccc1. The van der Waals surface area contributed by atoms with Gasteiger partial charge in [-0.25, -0.2) is 4.79 Å². The standard InChI is InChI=1S/C16H13NO3/c18-15(12-7-3-1-4-8-12)11-14(16(19)20)17-13-9-5-2-6-10-13/h1-11,17H,(H,19,20)/b14-11+. The Morgan fingerprint density at radius 3 is 2.00 bits per heavy atom. The van der Waals surface area contributed by atoms with Crippen LogP contribution in [0.2, 0.25) is 0 Å². The summed E-state index contributed by atoms with van der Waals surface area (Å²) in [6.45, 7) is 0. The molecule has 0 amide bonds. The van der Waals surface area contributed by atoms with Gasteiger partial charge in [-0.3, -0.25) is 4.79 Å². The van der Waals surface area contributed by atoms with Gasteiger partial charge in [0, 0.05) is 17.3 Å². The van der Waals surface area contributed by atoms with E-state index >= 15 is 0 Å². The number of carbonyl (C=O) groups excluding carboxylic acids is 1. The summed E-state index contributed by atoms with van der Waals surface area (Å²) in [5, 5.41) is 11.9. The molecule has 2 rings (SSSR count). The van der Waals surface area contributed by atoms with Gasteiger partial charge in [0.25, 0.3) is 0 Å². The topological polar surface area (TPSA) is 66.4 Å². The number of carboxylic acids is 1. The summed E-state index contributed by atoms with van der Waals surface area (Å²) < 4.78 is 0. The molecule has 20 heavy (non-hydrogen) atoms. The van der Waals surface area contributed by atoms with E-state index in [1.807, 2.05) is 6.07 Å².